The number of nitrogens with one attached hydrogen (secondary N) is 4. The van der Waals surface area contributed by atoms with Gasteiger partial charge in [-0.25, -0.2) is 4.39 Å². The number of aryl methyl sites for hydroxylation is 1. The quantitative estimate of drug-likeness (QED) is 0.284. The fraction of sp³-hybridized carbons (Fsp3) is 0.222. The lowest BCUT2D eigenvalue weighted by Gasteiger charge is -2.20. The summed E-state index contributed by atoms with van der Waals surface area (Å²) in [5.74, 6) is -1.85. The molecule has 36 heavy (non-hydrogen) atoms. The Morgan fingerprint density at radius 1 is 1.03 bits per heavy atom. The number of carbonyl (C=O) groups excluding carboxylic acids is 3. The molecular formula is C27H27FN4O4. The monoisotopic (exact) mass is 490 g/mol. The van der Waals surface area contributed by atoms with Crippen molar-refractivity contribution in [2.45, 2.75) is 33.2 Å². The molecule has 0 aliphatic heterocycles. The van der Waals surface area contributed by atoms with Crippen LogP contribution in [0.5, 0.6) is 0 Å². The second-order valence-electron chi connectivity index (χ2n) is 8.81. The van der Waals surface area contributed by atoms with Gasteiger partial charge in [-0.2, -0.15) is 0 Å². The summed E-state index contributed by atoms with van der Waals surface area (Å²) in [5.41, 5.74) is 2.24. The Kier molecular flexibility index (Phi) is 7.19. The molecule has 2 aromatic heterocycles. The second-order valence-corrected chi connectivity index (χ2v) is 8.81. The maximum Gasteiger partial charge on any atom is 0.259 e. The highest BCUT2D eigenvalue weighted by Crippen LogP contribution is 2.23. The lowest BCUT2D eigenvalue weighted by Crippen LogP contribution is -2.46. The number of furan rings is 1. The van der Waals surface area contributed by atoms with E-state index in [2.05, 4.69) is 20.9 Å². The van der Waals surface area contributed by atoms with Crippen molar-refractivity contribution in [2.24, 2.45) is 5.92 Å². The molecule has 8 nitrogen and oxygen atoms in total. The van der Waals surface area contributed by atoms with Crippen molar-refractivity contribution < 1.29 is 23.2 Å². The first-order chi connectivity index (χ1) is 17.2. The Morgan fingerprint density at radius 2 is 1.81 bits per heavy atom. The first-order valence-corrected chi connectivity index (χ1v) is 11.5. The number of amides is 3. The topological polar surface area (TPSA) is 116 Å². The average molecular weight is 491 g/mol. The molecule has 0 aliphatic rings. The number of para-hydroxylation sites is 1. The van der Waals surface area contributed by atoms with Crippen LogP contribution in [0.3, 0.4) is 0 Å². The number of benzene rings is 2. The van der Waals surface area contributed by atoms with E-state index in [1.54, 1.807) is 20.8 Å². The van der Waals surface area contributed by atoms with Gasteiger partial charge in [0.05, 0.1) is 17.5 Å². The van der Waals surface area contributed by atoms with E-state index >= 15 is 0 Å². The molecule has 0 saturated carbocycles. The van der Waals surface area contributed by atoms with E-state index in [0.717, 1.165) is 22.5 Å². The van der Waals surface area contributed by atoms with Crippen molar-refractivity contribution >= 4 is 40.0 Å². The number of fused-ring (bicyclic) bond motifs is 1. The molecule has 1 atom stereocenters. The zero-order valence-corrected chi connectivity index (χ0v) is 20.1. The van der Waals surface area contributed by atoms with Gasteiger partial charge in [-0.3, -0.25) is 14.4 Å². The maximum absolute atomic E-state index is 14.4. The number of aromatic nitrogens is 1. The molecule has 0 aliphatic carbocycles. The number of H-pyrrole nitrogens is 1. The van der Waals surface area contributed by atoms with Gasteiger partial charge in [0.25, 0.3) is 5.91 Å². The molecule has 186 valence electrons. The average Bonchev–Trinajstić information content (AvgIpc) is 3.46. The molecule has 0 fully saturated rings. The van der Waals surface area contributed by atoms with Gasteiger partial charge in [-0.15, -0.1) is 0 Å². The highest BCUT2D eigenvalue weighted by Gasteiger charge is 2.24. The fourth-order valence-corrected chi connectivity index (χ4v) is 3.81. The van der Waals surface area contributed by atoms with Gasteiger partial charge in [0.2, 0.25) is 11.8 Å². The number of carbonyl (C=O) groups is 3. The van der Waals surface area contributed by atoms with E-state index in [0.29, 0.717) is 5.76 Å². The molecule has 0 saturated heterocycles. The summed E-state index contributed by atoms with van der Waals surface area (Å²) in [4.78, 5) is 41.4. The summed E-state index contributed by atoms with van der Waals surface area (Å²) < 4.78 is 19.5. The van der Waals surface area contributed by atoms with Crippen LogP contribution in [-0.4, -0.2) is 28.7 Å². The highest BCUT2D eigenvalue weighted by molar-refractivity contribution is 6.05. The Labute approximate surface area is 207 Å². The van der Waals surface area contributed by atoms with Crippen LogP contribution in [0.1, 0.15) is 35.5 Å². The first-order valence-electron chi connectivity index (χ1n) is 11.5. The SMILES string of the molecule is Cc1occc1C(=O)Nc1cc(NC(=O)C(Cc2c[nH]c3ccccc23)NC(=O)C(C)C)ccc1F. The molecule has 3 amide bonds. The third-order valence-electron chi connectivity index (χ3n) is 5.84. The predicted molar refractivity (Wildman–Crippen MR) is 135 cm³/mol. The van der Waals surface area contributed by atoms with E-state index < -0.39 is 23.7 Å². The molecule has 4 rings (SSSR count). The van der Waals surface area contributed by atoms with Crippen molar-refractivity contribution in [3.63, 3.8) is 0 Å². The molecular weight excluding hydrogens is 463 g/mol. The van der Waals surface area contributed by atoms with Crippen LogP contribution in [-0.2, 0) is 16.0 Å². The number of rotatable bonds is 8. The molecule has 9 heteroatoms. The number of hydrogen-bond acceptors (Lipinski definition) is 4. The Morgan fingerprint density at radius 3 is 2.53 bits per heavy atom. The zero-order chi connectivity index (χ0) is 25.8. The lowest BCUT2D eigenvalue weighted by atomic mass is 10.0. The van der Waals surface area contributed by atoms with Crippen molar-refractivity contribution in [1.82, 2.24) is 10.3 Å². The van der Waals surface area contributed by atoms with Gasteiger partial charge in [0, 0.05) is 35.1 Å². The van der Waals surface area contributed by atoms with Crippen molar-refractivity contribution in [1.29, 1.82) is 0 Å². The largest absolute Gasteiger partial charge is 0.469 e. The van der Waals surface area contributed by atoms with Gasteiger partial charge in [-0.1, -0.05) is 32.0 Å². The minimum Gasteiger partial charge on any atom is -0.469 e. The third kappa shape index (κ3) is 5.46. The molecule has 0 spiro atoms. The number of halogens is 1. The molecule has 2 aromatic carbocycles. The second kappa shape index (κ2) is 10.5. The summed E-state index contributed by atoms with van der Waals surface area (Å²) in [6, 6.07) is 12.2. The molecule has 4 aromatic rings. The highest BCUT2D eigenvalue weighted by atomic mass is 19.1. The summed E-state index contributed by atoms with van der Waals surface area (Å²) in [6.07, 6.45) is 3.44. The van der Waals surface area contributed by atoms with Gasteiger partial charge >= 0.3 is 0 Å². The van der Waals surface area contributed by atoms with Crippen LogP contribution < -0.4 is 16.0 Å². The van der Waals surface area contributed by atoms with Crippen molar-refractivity contribution in [3.8, 4) is 0 Å². The van der Waals surface area contributed by atoms with Gasteiger partial charge in [-0.05, 0) is 42.8 Å². The van der Waals surface area contributed by atoms with Gasteiger partial charge < -0.3 is 25.4 Å². The first kappa shape index (κ1) is 24.7. The van der Waals surface area contributed by atoms with Gasteiger partial charge in [0.1, 0.15) is 17.6 Å². The van der Waals surface area contributed by atoms with Crippen LogP contribution in [0.4, 0.5) is 15.8 Å². The summed E-state index contributed by atoms with van der Waals surface area (Å²) in [7, 11) is 0. The lowest BCUT2D eigenvalue weighted by molar-refractivity contribution is -0.128. The van der Waals surface area contributed by atoms with E-state index in [1.807, 2.05) is 30.5 Å². The maximum atomic E-state index is 14.4. The molecule has 0 radical (unpaired) electrons. The fourth-order valence-electron chi connectivity index (χ4n) is 3.81. The van der Waals surface area contributed by atoms with E-state index in [9.17, 15) is 18.8 Å². The Balaban J connectivity index is 1.54. The summed E-state index contributed by atoms with van der Waals surface area (Å²) in [5, 5.41) is 8.99. The van der Waals surface area contributed by atoms with Crippen LogP contribution in [0.2, 0.25) is 0 Å². The van der Waals surface area contributed by atoms with Crippen LogP contribution in [0.15, 0.2) is 65.4 Å². The van der Waals surface area contributed by atoms with Crippen molar-refractivity contribution in [2.75, 3.05) is 10.6 Å². The number of anilines is 2. The van der Waals surface area contributed by atoms with Gasteiger partial charge in [0.15, 0.2) is 0 Å². The molecule has 4 N–H and O–H groups in total. The smallest absolute Gasteiger partial charge is 0.259 e. The minimum absolute atomic E-state index is 0.0993. The zero-order valence-electron chi connectivity index (χ0n) is 20.1. The molecule has 0 bridgehead atoms. The summed E-state index contributed by atoms with van der Waals surface area (Å²) >= 11 is 0. The minimum atomic E-state index is -0.879. The van der Waals surface area contributed by atoms with E-state index in [1.165, 1.54) is 24.5 Å². The predicted octanol–water partition coefficient (Wildman–Crippen LogP) is 4.78. The van der Waals surface area contributed by atoms with E-state index in [-0.39, 0.29) is 35.2 Å². The standard InChI is InChI=1S/C27H27FN4O4/c1-15(2)25(33)32-24(12-17-14-29-22-7-5-4-6-20(17)22)27(35)30-18-8-9-21(28)23(13-18)31-26(34)19-10-11-36-16(19)3/h4-11,13-15,24,29H,12H2,1-3H3,(H,30,35)(H,31,34)(H,32,33). The van der Waals surface area contributed by atoms with Crippen LogP contribution in [0, 0.1) is 18.7 Å². The van der Waals surface area contributed by atoms with Crippen LogP contribution in [0.25, 0.3) is 10.9 Å². The van der Waals surface area contributed by atoms with Crippen molar-refractivity contribution in [3.05, 3.63) is 83.7 Å². The Bertz CT molecular complexity index is 1420. The normalized spacial score (nSPS) is 11.9. The van der Waals surface area contributed by atoms with E-state index in [4.69, 9.17) is 4.42 Å². The number of aromatic amines is 1. The molecule has 2 heterocycles. The summed E-state index contributed by atoms with van der Waals surface area (Å²) in [6.45, 7) is 5.11. The Hall–Kier alpha value is -4.40. The third-order valence-corrected chi connectivity index (χ3v) is 5.84. The van der Waals surface area contributed by atoms with Crippen LogP contribution >= 0.6 is 0 Å². The number of hydrogen-bond donors (Lipinski definition) is 4. The molecule has 1 unspecified atom stereocenters.